The summed E-state index contributed by atoms with van der Waals surface area (Å²) in [5, 5.41) is 6.83. The number of carbonyl (C=O) groups excluding carboxylic acids is 1. The van der Waals surface area contributed by atoms with Crippen molar-refractivity contribution >= 4 is 29.0 Å². The minimum Gasteiger partial charge on any atom is -0.462 e. The Morgan fingerprint density at radius 2 is 2.10 bits per heavy atom. The van der Waals surface area contributed by atoms with E-state index in [0.29, 0.717) is 17.3 Å². The first-order chi connectivity index (χ1) is 9.58. The van der Waals surface area contributed by atoms with Crippen LogP contribution in [0.15, 0.2) is 18.2 Å². The zero-order valence-corrected chi connectivity index (χ0v) is 13.1. The van der Waals surface area contributed by atoms with E-state index < -0.39 is 0 Å². The molecule has 2 N–H and O–H groups in total. The van der Waals surface area contributed by atoms with Gasteiger partial charge in [-0.1, -0.05) is 19.4 Å². The monoisotopic (exact) mass is 294 g/mol. The van der Waals surface area contributed by atoms with Crippen LogP contribution in [0, 0.1) is 6.92 Å². The van der Waals surface area contributed by atoms with Crippen molar-refractivity contribution in [2.24, 2.45) is 0 Å². The molecule has 0 atom stereocenters. The zero-order chi connectivity index (χ0) is 15.0. The highest BCUT2D eigenvalue weighted by Crippen LogP contribution is 2.17. The van der Waals surface area contributed by atoms with E-state index in [9.17, 15) is 4.79 Å². The Morgan fingerprint density at radius 1 is 1.35 bits per heavy atom. The maximum Gasteiger partial charge on any atom is 0.338 e. The van der Waals surface area contributed by atoms with Crippen LogP contribution < -0.4 is 10.6 Å². The number of nitrogens with one attached hydrogen (secondary N) is 2. The van der Waals surface area contributed by atoms with E-state index in [1.54, 1.807) is 19.1 Å². The van der Waals surface area contributed by atoms with Crippen LogP contribution in [-0.2, 0) is 4.74 Å². The lowest BCUT2D eigenvalue weighted by Crippen LogP contribution is -2.29. The molecule has 1 aromatic carbocycles. The fourth-order valence-electron chi connectivity index (χ4n) is 1.64. The van der Waals surface area contributed by atoms with Crippen molar-refractivity contribution in [1.29, 1.82) is 0 Å². The SMILES string of the molecule is CCCCNC(=S)Nc1cc(C(=O)OCC)ccc1C. The molecule has 1 rings (SSSR count). The second-order valence-electron chi connectivity index (χ2n) is 4.48. The molecule has 0 heterocycles. The maximum atomic E-state index is 11.7. The normalized spacial score (nSPS) is 9.95. The topological polar surface area (TPSA) is 50.4 Å². The molecule has 0 aliphatic heterocycles. The maximum absolute atomic E-state index is 11.7. The van der Waals surface area contributed by atoms with Crippen molar-refractivity contribution in [3.05, 3.63) is 29.3 Å². The Kier molecular flexibility index (Phi) is 7.01. The molecule has 5 heteroatoms. The van der Waals surface area contributed by atoms with Crippen LogP contribution in [0.5, 0.6) is 0 Å². The van der Waals surface area contributed by atoms with Crippen LogP contribution in [0.4, 0.5) is 5.69 Å². The first-order valence-corrected chi connectivity index (χ1v) is 7.32. The van der Waals surface area contributed by atoms with Crippen molar-refractivity contribution in [3.63, 3.8) is 0 Å². The Hall–Kier alpha value is -1.62. The predicted molar refractivity (Wildman–Crippen MR) is 86.3 cm³/mol. The van der Waals surface area contributed by atoms with Crippen molar-refractivity contribution < 1.29 is 9.53 Å². The molecule has 0 aliphatic rings. The molecule has 0 saturated heterocycles. The van der Waals surface area contributed by atoms with E-state index in [2.05, 4.69) is 17.6 Å². The number of hydrogen-bond acceptors (Lipinski definition) is 3. The molecular formula is C15H22N2O2S. The number of hydrogen-bond donors (Lipinski definition) is 2. The van der Waals surface area contributed by atoms with Gasteiger partial charge in [0.05, 0.1) is 12.2 Å². The lowest BCUT2D eigenvalue weighted by molar-refractivity contribution is 0.0526. The average Bonchev–Trinajstić information content (AvgIpc) is 2.42. The molecule has 4 nitrogen and oxygen atoms in total. The summed E-state index contributed by atoms with van der Waals surface area (Å²) in [6.07, 6.45) is 2.19. The summed E-state index contributed by atoms with van der Waals surface area (Å²) in [7, 11) is 0. The summed E-state index contributed by atoms with van der Waals surface area (Å²) >= 11 is 5.23. The molecule has 1 aromatic rings. The van der Waals surface area contributed by atoms with Gasteiger partial charge in [0.15, 0.2) is 5.11 Å². The molecule has 20 heavy (non-hydrogen) atoms. The third kappa shape index (κ3) is 5.17. The molecule has 0 spiro atoms. The van der Waals surface area contributed by atoms with Gasteiger partial charge < -0.3 is 15.4 Å². The lowest BCUT2D eigenvalue weighted by Gasteiger charge is -2.13. The van der Waals surface area contributed by atoms with Crippen LogP contribution in [0.2, 0.25) is 0 Å². The Labute approximate surface area is 125 Å². The molecule has 110 valence electrons. The first-order valence-electron chi connectivity index (χ1n) is 6.91. The van der Waals surface area contributed by atoms with Gasteiger partial charge in [-0.15, -0.1) is 0 Å². The quantitative estimate of drug-likeness (QED) is 0.479. The number of anilines is 1. The van der Waals surface area contributed by atoms with Crippen molar-refractivity contribution in [3.8, 4) is 0 Å². The van der Waals surface area contributed by atoms with Gasteiger partial charge in [0.25, 0.3) is 0 Å². The molecule has 0 bridgehead atoms. The highest BCUT2D eigenvalue weighted by molar-refractivity contribution is 7.80. The van der Waals surface area contributed by atoms with Gasteiger partial charge in [0.1, 0.15) is 0 Å². The van der Waals surface area contributed by atoms with Crippen molar-refractivity contribution in [2.45, 2.75) is 33.6 Å². The largest absolute Gasteiger partial charge is 0.462 e. The highest BCUT2D eigenvalue weighted by atomic mass is 32.1. The Bertz CT molecular complexity index is 475. The van der Waals surface area contributed by atoms with E-state index in [0.717, 1.165) is 30.6 Å². The van der Waals surface area contributed by atoms with Crippen LogP contribution in [0.3, 0.4) is 0 Å². The Morgan fingerprint density at radius 3 is 2.75 bits per heavy atom. The van der Waals surface area contributed by atoms with Crippen LogP contribution in [-0.4, -0.2) is 24.2 Å². The van der Waals surface area contributed by atoms with E-state index in [1.807, 2.05) is 13.0 Å². The van der Waals surface area contributed by atoms with Gasteiger partial charge in [0, 0.05) is 12.2 Å². The molecule has 0 aromatic heterocycles. The van der Waals surface area contributed by atoms with Crippen LogP contribution in [0.1, 0.15) is 42.6 Å². The number of thiocarbonyl (C=S) groups is 1. The van der Waals surface area contributed by atoms with E-state index in [1.165, 1.54) is 0 Å². The van der Waals surface area contributed by atoms with Gasteiger partial charge in [-0.3, -0.25) is 0 Å². The standard InChI is InChI=1S/C15H22N2O2S/c1-4-6-9-16-15(20)17-13-10-12(8-7-11(13)3)14(18)19-5-2/h7-8,10H,4-6,9H2,1-3H3,(H2,16,17,20). The number of aryl methyl sites for hydroxylation is 1. The Balaban J connectivity index is 2.71. The van der Waals surface area contributed by atoms with E-state index in [4.69, 9.17) is 17.0 Å². The summed E-state index contributed by atoms with van der Waals surface area (Å²) in [6, 6.07) is 5.40. The third-order valence-electron chi connectivity index (χ3n) is 2.81. The molecule has 0 saturated carbocycles. The lowest BCUT2D eigenvalue weighted by atomic mass is 10.1. The summed E-state index contributed by atoms with van der Waals surface area (Å²) in [4.78, 5) is 11.7. The van der Waals surface area contributed by atoms with Crippen molar-refractivity contribution in [2.75, 3.05) is 18.5 Å². The molecule has 0 fully saturated rings. The molecule has 0 amide bonds. The number of benzene rings is 1. The minimum atomic E-state index is -0.319. The van der Waals surface area contributed by atoms with Gasteiger partial charge in [-0.2, -0.15) is 0 Å². The van der Waals surface area contributed by atoms with E-state index >= 15 is 0 Å². The highest BCUT2D eigenvalue weighted by Gasteiger charge is 2.09. The number of carbonyl (C=O) groups is 1. The summed E-state index contributed by atoms with van der Waals surface area (Å²) < 4.78 is 4.99. The van der Waals surface area contributed by atoms with Gasteiger partial charge in [-0.25, -0.2) is 4.79 Å². The number of rotatable bonds is 6. The zero-order valence-electron chi connectivity index (χ0n) is 12.3. The fraction of sp³-hybridized carbons (Fsp3) is 0.467. The summed E-state index contributed by atoms with van der Waals surface area (Å²) in [6.45, 7) is 7.10. The molecule has 0 radical (unpaired) electrons. The molecule has 0 aliphatic carbocycles. The van der Waals surface area contributed by atoms with E-state index in [-0.39, 0.29) is 5.97 Å². The van der Waals surface area contributed by atoms with Gasteiger partial charge in [-0.05, 0) is 50.2 Å². The summed E-state index contributed by atoms with van der Waals surface area (Å²) in [5.41, 5.74) is 2.37. The fourth-order valence-corrected chi connectivity index (χ4v) is 1.86. The number of ether oxygens (including phenoxy) is 1. The number of esters is 1. The first kappa shape index (κ1) is 16.4. The van der Waals surface area contributed by atoms with Crippen LogP contribution >= 0.6 is 12.2 Å². The average molecular weight is 294 g/mol. The van der Waals surface area contributed by atoms with Crippen LogP contribution in [0.25, 0.3) is 0 Å². The second kappa shape index (κ2) is 8.53. The smallest absolute Gasteiger partial charge is 0.338 e. The second-order valence-corrected chi connectivity index (χ2v) is 4.89. The molecule has 0 unspecified atom stereocenters. The number of unbranched alkanes of at least 4 members (excludes halogenated alkanes) is 1. The third-order valence-corrected chi connectivity index (χ3v) is 3.06. The van der Waals surface area contributed by atoms with Crippen molar-refractivity contribution in [1.82, 2.24) is 5.32 Å². The van der Waals surface area contributed by atoms with Gasteiger partial charge in [0.2, 0.25) is 0 Å². The predicted octanol–water partition coefficient (Wildman–Crippen LogP) is 3.26. The van der Waals surface area contributed by atoms with Gasteiger partial charge >= 0.3 is 5.97 Å². The minimum absolute atomic E-state index is 0.319. The summed E-state index contributed by atoms with van der Waals surface area (Å²) in [5.74, 6) is -0.319. The molecular weight excluding hydrogens is 272 g/mol.